The fourth-order valence-corrected chi connectivity index (χ4v) is 1.19. The Kier molecular flexibility index (Phi) is 3.68. The van der Waals surface area contributed by atoms with Crippen molar-refractivity contribution in [3.8, 4) is 0 Å². The molecular weight excluding hydrogens is 162 g/mol. The molecule has 0 spiro atoms. The molecule has 1 N–H and O–H groups in total. The molecule has 0 radical (unpaired) electrons. The largest absolute Gasteiger partial charge is 0.352 e. The highest BCUT2D eigenvalue weighted by atomic mass is 15.1. The Bertz CT molecular complexity index is 256. The second kappa shape index (κ2) is 4.80. The summed E-state index contributed by atoms with van der Waals surface area (Å²) in [6.07, 6.45) is 3.99. The molecule has 0 bridgehead atoms. The first-order valence-electron chi connectivity index (χ1n) is 4.82. The van der Waals surface area contributed by atoms with Crippen molar-refractivity contribution in [2.24, 2.45) is 0 Å². The fourth-order valence-electron chi connectivity index (χ4n) is 1.19. The minimum atomic E-state index is 0.488. The normalized spacial score (nSPS) is 10.5. The minimum absolute atomic E-state index is 0.488. The molecule has 0 aliphatic rings. The van der Waals surface area contributed by atoms with Crippen molar-refractivity contribution in [3.63, 3.8) is 0 Å². The van der Waals surface area contributed by atoms with Gasteiger partial charge in [0, 0.05) is 17.9 Å². The average molecular weight is 179 g/mol. The molecule has 0 amide bonds. The van der Waals surface area contributed by atoms with Gasteiger partial charge >= 0.3 is 0 Å². The van der Waals surface area contributed by atoms with Crippen molar-refractivity contribution >= 4 is 5.95 Å². The number of hydrogen-bond donors (Lipinski definition) is 1. The van der Waals surface area contributed by atoms with Crippen LogP contribution in [0.25, 0.3) is 0 Å². The Morgan fingerprint density at radius 1 is 1.38 bits per heavy atom. The van der Waals surface area contributed by atoms with Gasteiger partial charge in [-0.15, -0.1) is 0 Å². The fraction of sp³-hybridized carbons (Fsp3) is 0.600. The van der Waals surface area contributed by atoms with Crippen molar-refractivity contribution < 1.29 is 0 Å². The van der Waals surface area contributed by atoms with E-state index in [4.69, 9.17) is 0 Å². The monoisotopic (exact) mass is 179 g/mol. The molecule has 0 unspecified atom stereocenters. The van der Waals surface area contributed by atoms with E-state index in [0.29, 0.717) is 6.04 Å². The predicted molar refractivity (Wildman–Crippen MR) is 54.8 cm³/mol. The molecule has 0 aliphatic heterocycles. The van der Waals surface area contributed by atoms with Crippen molar-refractivity contribution in [2.75, 3.05) is 5.32 Å². The number of hydrogen-bond acceptors (Lipinski definition) is 3. The van der Waals surface area contributed by atoms with Gasteiger partial charge in [-0.25, -0.2) is 9.97 Å². The Hall–Kier alpha value is -1.12. The van der Waals surface area contributed by atoms with Crippen LogP contribution in [0, 0.1) is 6.92 Å². The standard InChI is InChI=1S/C10H17N3/c1-4-9(5-2)13-10-11-7-6-8(3)12-10/h6-7,9H,4-5H2,1-3H3,(H,11,12,13). The third kappa shape index (κ3) is 3.01. The van der Waals surface area contributed by atoms with Crippen molar-refractivity contribution in [1.29, 1.82) is 0 Å². The summed E-state index contributed by atoms with van der Waals surface area (Å²) in [6.45, 7) is 6.30. The van der Waals surface area contributed by atoms with Crippen LogP contribution in [0.2, 0.25) is 0 Å². The van der Waals surface area contributed by atoms with Crippen LogP contribution in [-0.2, 0) is 0 Å². The summed E-state index contributed by atoms with van der Waals surface area (Å²) >= 11 is 0. The van der Waals surface area contributed by atoms with Crippen molar-refractivity contribution in [3.05, 3.63) is 18.0 Å². The number of nitrogens with zero attached hydrogens (tertiary/aromatic N) is 2. The van der Waals surface area contributed by atoms with Crippen LogP contribution in [0.15, 0.2) is 12.3 Å². The molecule has 0 aromatic carbocycles. The van der Waals surface area contributed by atoms with Gasteiger partial charge in [0.25, 0.3) is 0 Å². The van der Waals surface area contributed by atoms with Crippen LogP contribution in [0.1, 0.15) is 32.4 Å². The Labute approximate surface area is 79.6 Å². The number of nitrogens with one attached hydrogen (secondary N) is 1. The minimum Gasteiger partial charge on any atom is -0.352 e. The zero-order valence-electron chi connectivity index (χ0n) is 8.54. The van der Waals surface area contributed by atoms with Crippen LogP contribution in [0.4, 0.5) is 5.95 Å². The molecule has 1 rings (SSSR count). The van der Waals surface area contributed by atoms with E-state index in [0.717, 1.165) is 24.5 Å². The van der Waals surface area contributed by atoms with E-state index in [1.165, 1.54) is 0 Å². The van der Waals surface area contributed by atoms with Crippen molar-refractivity contribution in [1.82, 2.24) is 9.97 Å². The van der Waals surface area contributed by atoms with E-state index in [2.05, 4.69) is 29.1 Å². The van der Waals surface area contributed by atoms with Gasteiger partial charge in [-0.2, -0.15) is 0 Å². The number of anilines is 1. The van der Waals surface area contributed by atoms with Gasteiger partial charge in [-0.3, -0.25) is 0 Å². The average Bonchev–Trinajstić information content (AvgIpc) is 2.14. The lowest BCUT2D eigenvalue weighted by Crippen LogP contribution is -2.18. The maximum Gasteiger partial charge on any atom is 0.223 e. The Balaban J connectivity index is 2.62. The molecule has 0 aliphatic carbocycles. The smallest absolute Gasteiger partial charge is 0.223 e. The van der Waals surface area contributed by atoms with E-state index in [1.807, 2.05) is 13.0 Å². The SMILES string of the molecule is CCC(CC)Nc1nccc(C)n1. The molecule has 1 heterocycles. The van der Waals surface area contributed by atoms with Gasteiger partial charge < -0.3 is 5.32 Å². The second-order valence-corrected chi connectivity index (χ2v) is 3.18. The summed E-state index contributed by atoms with van der Waals surface area (Å²) in [5, 5.41) is 3.30. The first-order valence-corrected chi connectivity index (χ1v) is 4.82. The lowest BCUT2D eigenvalue weighted by atomic mass is 10.2. The van der Waals surface area contributed by atoms with E-state index in [9.17, 15) is 0 Å². The molecule has 72 valence electrons. The second-order valence-electron chi connectivity index (χ2n) is 3.18. The highest BCUT2D eigenvalue weighted by molar-refractivity contribution is 5.26. The maximum atomic E-state index is 4.29. The van der Waals surface area contributed by atoms with Crippen LogP contribution >= 0.6 is 0 Å². The van der Waals surface area contributed by atoms with Gasteiger partial charge in [0.1, 0.15) is 0 Å². The summed E-state index contributed by atoms with van der Waals surface area (Å²) in [5.74, 6) is 0.744. The summed E-state index contributed by atoms with van der Waals surface area (Å²) in [6, 6.07) is 2.39. The molecular formula is C10H17N3. The van der Waals surface area contributed by atoms with Gasteiger partial charge in [0.15, 0.2) is 0 Å². The maximum absolute atomic E-state index is 4.29. The van der Waals surface area contributed by atoms with Gasteiger partial charge in [-0.05, 0) is 25.8 Å². The van der Waals surface area contributed by atoms with Crippen LogP contribution in [0.3, 0.4) is 0 Å². The molecule has 1 aromatic heterocycles. The lowest BCUT2D eigenvalue weighted by molar-refractivity contribution is 0.664. The molecule has 0 saturated heterocycles. The molecule has 0 fully saturated rings. The van der Waals surface area contributed by atoms with E-state index in [1.54, 1.807) is 6.20 Å². The zero-order chi connectivity index (χ0) is 9.68. The topological polar surface area (TPSA) is 37.8 Å². The summed E-state index contributed by atoms with van der Waals surface area (Å²) in [5.41, 5.74) is 1.00. The highest BCUT2D eigenvalue weighted by Gasteiger charge is 2.03. The zero-order valence-corrected chi connectivity index (χ0v) is 8.54. The van der Waals surface area contributed by atoms with Crippen LogP contribution in [0.5, 0.6) is 0 Å². The summed E-state index contributed by atoms with van der Waals surface area (Å²) in [4.78, 5) is 8.44. The van der Waals surface area contributed by atoms with Gasteiger partial charge in [-0.1, -0.05) is 13.8 Å². The molecule has 3 heteroatoms. The van der Waals surface area contributed by atoms with E-state index >= 15 is 0 Å². The van der Waals surface area contributed by atoms with E-state index < -0.39 is 0 Å². The summed E-state index contributed by atoms with van der Waals surface area (Å²) in [7, 11) is 0. The number of aromatic nitrogens is 2. The number of rotatable bonds is 4. The Morgan fingerprint density at radius 2 is 2.08 bits per heavy atom. The lowest BCUT2D eigenvalue weighted by Gasteiger charge is -2.14. The predicted octanol–water partition coefficient (Wildman–Crippen LogP) is 2.39. The molecule has 0 saturated carbocycles. The molecule has 3 nitrogen and oxygen atoms in total. The third-order valence-electron chi connectivity index (χ3n) is 2.11. The summed E-state index contributed by atoms with van der Waals surface area (Å²) < 4.78 is 0. The molecule has 1 aromatic rings. The highest BCUT2D eigenvalue weighted by Crippen LogP contribution is 2.05. The van der Waals surface area contributed by atoms with Crippen LogP contribution in [-0.4, -0.2) is 16.0 Å². The molecule has 0 atom stereocenters. The quantitative estimate of drug-likeness (QED) is 0.771. The molecule has 13 heavy (non-hydrogen) atoms. The third-order valence-corrected chi connectivity index (χ3v) is 2.11. The first-order chi connectivity index (χ1) is 6.26. The van der Waals surface area contributed by atoms with Gasteiger partial charge in [0.05, 0.1) is 0 Å². The van der Waals surface area contributed by atoms with E-state index in [-0.39, 0.29) is 0 Å². The Morgan fingerprint density at radius 3 is 2.62 bits per heavy atom. The first kappa shape index (κ1) is 9.96. The van der Waals surface area contributed by atoms with Crippen molar-refractivity contribution in [2.45, 2.75) is 39.7 Å². The van der Waals surface area contributed by atoms with Gasteiger partial charge in [0.2, 0.25) is 5.95 Å². The van der Waals surface area contributed by atoms with Crippen LogP contribution < -0.4 is 5.32 Å². The number of aryl methyl sites for hydroxylation is 1.